The summed E-state index contributed by atoms with van der Waals surface area (Å²) in [6.07, 6.45) is 4.48. The molecular weight excluding hydrogens is 368 g/mol. The van der Waals surface area contributed by atoms with Crippen molar-refractivity contribution in [3.8, 4) is 0 Å². The first-order chi connectivity index (χ1) is 14.7. The van der Waals surface area contributed by atoms with E-state index in [1.165, 1.54) is 33.6 Å². The van der Waals surface area contributed by atoms with Crippen LogP contribution >= 0.6 is 0 Å². The van der Waals surface area contributed by atoms with E-state index in [0.717, 1.165) is 11.4 Å². The van der Waals surface area contributed by atoms with Crippen LogP contribution in [0.5, 0.6) is 0 Å². The summed E-state index contributed by atoms with van der Waals surface area (Å²) in [5, 5.41) is 0. The van der Waals surface area contributed by atoms with Crippen LogP contribution in [0.4, 0.5) is 11.4 Å². The number of hydrogen-bond donors (Lipinski definition) is 2. The summed E-state index contributed by atoms with van der Waals surface area (Å²) < 4.78 is 4.98. The van der Waals surface area contributed by atoms with E-state index in [1.807, 2.05) is 12.1 Å². The number of aromatic nitrogens is 2. The molecule has 0 unspecified atom stereocenters. The van der Waals surface area contributed by atoms with Crippen molar-refractivity contribution < 1.29 is 9.13 Å². The third-order valence-electron chi connectivity index (χ3n) is 7.24. The molecule has 4 nitrogen and oxygen atoms in total. The predicted molar refractivity (Wildman–Crippen MR) is 115 cm³/mol. The Morgan fingerprint density at radius 1 is 0.533 bits per heavy atom. The van der Waals surface area contributed by atoms with E-state index in [2.05, 4.69) is 82.2 Å². The van der Waals surface area contributed by atoms with Gasteiger partial charge in [0.1, 0.15) is 11.8 Å². The van der Waals surface area contributed by atoms with Crippen molar-refractivity contribution in [1.29, 1.82) is 0 Å². The largest absolute Gasteiger partial charge is 0.399 e. The highest BCUT2D eigenvalue weighted by Crippen LogP contribution is 2.54. The van der Waals surface area contributed by atoms with Crippen LogP contribution in [0.15, 0.2) is 85.2 Å². The third-order valence-corrected chi connectivity index (χ3v) is 7.24. The molecule has 7 heterocycles. The average molecular weight is 390 g/mol. The van der Waals surface area contributed by atoms with Gasteiger partial charge in [0.05, 0.1) is 0 Å². The van der Waals surface area contributed by atoms with Gasteiger partial charge in [0.15, 0.2) is 23.8 Å². The van der Waals surface area contributed by atoms with Gasteiger partial charge in [-0.3, -0.25) is 0 Å². The summed E-state index contributed by atoms with van der Waals surface area (Å²) in [7, 11) is 0. The molecule has 4 atom stereocenters. The van der Waals surface area contributed by atoms with Crippen LogP contribution < -0.4 is 20.6 Å². The van der Waals surface area contributed by atoms with Gasteiger partial charge in [-0.25, -0.2) is 0 Å². The number of anilines is 2. The highest BCUT2D eigenvalue weighted by molar-refractivity contribution is 5.57. The molecule has 4 heteroatoms. The Morgan fingerprint density at radius 2 is 1.00 bits per heavy atom. The maximum Gasteiger partial charge on any atom is 0.200 e. The molecule has 4 bridgehead atoms. The molecule has 6 aliphatic rings. The lowest BCUT2D eigenvalue weighted by molar-refractivity contribution is -0.769. The summed E-state index contributed by atoms with van der Waals surface area (Å²) in [6, 6.07) is 26.5. The molecule has 2 aromatic heterocycles. The van der Waals surface area contributed by atoms with Crippen molar-refractivity contribution >= 4 is 11.4 Å². The molecule has 0 amide bonds. The lowest BCUT2D eigenvalue weighted by Gasteiger charge is -2.42. The molecule has 4 N–H and O–H groups in total. The molecule has 2 aromatic carbocycles. The average Bonchev–Trinajstić information content (AvgIpc) is 2.75. The van der Waals surface area contributed by atoms with Gasteiger partial charge >= 0.3 is 0 Å². The zero-order chi connectivity index (χ0) is 20.0. The highest BCUT2D eigenvalue weighted by atomic mass is 15.1. The van der Waals surface area contributed by atoms with E-state index in [-0.39, 0.29) is 23.9 Å². The first-order valence-corrected chi connectivity index (χ1v) is 10.5. The number of pyridine rings is 2. The van der Waals surface area contributed by atoms with Crippen LogP contribution in [0, 0.1) is 0 Å². The van der Waals surface area contributed by atoms with Crippen molar-refractivity contribution in [1.82, 2.24) is 0 Å². The molecule has 5 aliphatic heterocycles. The van der Waals surface area contributed by atoms with Crippen LogP contribution in [0.2, 0.25) is 0 Å². The van der Waals surface area contributed by atoms with Crippen molar-refractivity contribution in [2.24, 2.45) is 0 Å². The Kier molecular flexibility index (Phi) is 2.95. The minimum Gasteiger partial charge on any atom is -0.399 e. The van der Waals surface area contributed by atoms with Gasteiger partial charge in [-0.2, -0.15) is 9.13 Å². The van der Waals surface area contributed by atoms with E-state index in [1.54, 1.807) is 0 Å². The summed E-state index contributed by atoms with van der Waals surface area (Å²) in [5.41, 5.74) is 22.4. The summed E-state index contributed by atoms with van der Waals surface area (Å²) in [5.74, 6) is 0.353. The normalized spacial score (nSPS) is 24.3. The number of hydrogen-bond acceptors (Lipinski definition) is 2. The van der Waals surface area contributed by atoms with E-state index >= 15 is 0 Å². The second-order valence-electron chi connectivity index (χ2n) is 8.69. The molecule has 4 aromatic rings. The zero-order valence-corrected chi connectivity index (χ0v) is 16.4. The van der Waals surface area contributed by atoms with E-state index in [9.17, 15) is 0 Å². The molecule has 0 radical (unpaired) electrons. The third kappa shape index (κ3) is 1.86. The Labute approximate surface area is 175 Å². The fourth-order valence-electron chi connectivity index (χ4n) is 6.20. The van der Waals surface area contributed by atoms with Crippen LogP contribution in [0.1, 0.15) is 57.6 Å². The predicted octanol–water partition coefficient (Wildman–Crippen LogP) is 3.21. The molecular formula is C26H22N4+2. The Morgan fingerprint density at radius 3 is 1.47 bits per heavy atom. The van der Waals surface area contributed by atoms with Crippen LogP contribution in [-0.2, 0) is 0 Å². The SMILES string of the molecule is Nc1ccc2c(c1)[C@H]1c3cccc[n+]3[C@@H]2[C@@H]2c3cc(N)ccc3[C@H]1[n+]1ccccc12. The first kappa shape index (κ1) is 16.2. The van der Waals surface area contributed by atoms with Crippen LogP contribution in [0.25, 0.3) is 0 Å². The zero-order valence-electron chi connectivity index (χ0n) is 16.4. The Bertz CT molecular complexity index is 1250. The fraction of sp³-hybridized carbons (Fsp3) is 0.154. The van der Waals surface area contributed by atoms with Crippen molar-refractivity contribution in [3.63, 3.8) is 0 Å². The second-order valence-corrected chi connectivity index (χ2v) is 8.69. The van der Waals surface area contributed by atoms with Gasteiger partial charge in [-0.05, 0) is 35.4 Å². The first-order valence-electron chi connectivity index (χ1n) is 10.5. The van der Waals surface area contributed by atoms with Crippen LogP contribution in [-0.4, -0.2) is 0 Å². The quantitative estimate of drug-likeness (QED) is 0.358. The van der Waals surface area contributed by atoms with Gasteiger partial charge in [0.2, 0.25) is 12.1 Å². The van der Waals surface area contributed by atoms with Crippen molar-refractivity contribution in [2.75, 3.05) is 11.5 Å². The van der Waals surface area contributed by atoms with Gasteiger partial charge in [-0.1, -0.05) is 24.3 Å². The van der Waals surface area contributed by atoms with E-state index in [0.29, 0.717) is 0 Å². The molecule has 144 valence electrons. The monoisotopic (exact) mass is 390 g/mol. The number of rotatable bonds is 0. The summed E-state index contributed by atoms with van der Waals surface area (Å²) >= 11 is 0. The van der Waals surface area contributed by atoms with Crippen molar-refractivity contribution in [2.45, 2.75) is 23.9 Å². The topological polar surface area (TPSA) is 59.8 Å². The lowest BCUT2D eigenvalue weighted by atomic mass is 9.65. The van der Waals surface area contributed by atoms with Gasteiger partial charge in [-0.15, -0.1) is 0 Å². The molecule has 0 spiro atoms. The molecule has 1 aliphatic carbocycles. The fourth-order valence-corrected chi connectivity index (χ4v) is 6.20. The van der Waals surface area contributed by atoms with Gasteiger partial charge in [0.25, 0.3) is 0 Å². The standard InChI is InChI=1S/C26H22N4/c27-15-7-9-17-19(13-15)23-21-5-1-3-11-29(21)26(17)24-20-14-16(28)8-10-18(20)25(23)30-12-4-2-6-22(24)30/h1-14,23-26H,27-28H2/q+2/t23-,24+,25+,26-. The number of benzene rings is 2. The smallest absolute Gasteiger partial charge is 0.200 e. The van der Waals surface area contributed by atoms with E-state index in [4.69, 9.17) is 11.5 Å². The maximum absolute atomic E-state index is 6.30. The van der Waals surface area contributed by atoms with E-state index < -0.39 is 0 Å². The molecule has 10 rings (SSSR count). The summed E-state index contributed by atoms with van der Waals surface area (Å²) in [4.78, 5) is 0. The minimum absolute atomic E-state index is 0.156. The second kappa shape index (κ2) is 5.48. The maximum atomic E-state index is 6.30. The number of nitrogens with zero attached hydrogens (tertiary/aromatic N) is 2. The van der Waals surface area contributed by atoms with Crippen molar-refractivity contribution in [3.05, 3.63) is 119 Å². The van der Waals surface area contributed by atoms with Gasteiger partial charge < -0.3 is 11.5 Å². The molecule has 30 heavy (non-hydrogen) atoms. The number of nitrogens with two attached hydrogens (primary N) is 2. The minimum atomic E-state index is 0.156. The van der Waals surface area contributed by atoms with Crippen LogP contribution in [0.3, 0.4) is 0 Å². The summed E-state index contributed by atoms with van der Waals surface area (Å²) in [6.45, 7) is 0. The van der Waals surface area contributed by atoms with Gasteiger partial charge in [0, 0.05) is 46.8 Å². The molecule has 0 saturated carbocycles. The Hall–Kier alpha value is -3.66. The molecule has 0 fully saturated rings. The Balaban J connectivity index is 1.68. The lowest BCUT2D eigenvalue weighted by Crippen LogP contribution is -2.62. The number of nitrogen functional groups attached to an aromatic ring is 2. The highest BCUT2D eigenvalue weighted by Gasteiger charge is 2.58. The molecule has 0 saturated heterocycles.